The SMILES string of the molecule is N#CC1=C(N)OC2=C(C(=O)CCC2)[C@@H]1c1ccc2c(c1)OCO2. The first-order valence-corrected chi connectivity index (χ1v) is 7.42. The summed E-state index contributed by atoms with van der Waals surface area (Å²) in [7, 11) is 0. The first kappa shape index (κ1) is 13.7. The molecule has 4 rings (SSSR count). The Bertz CT molecular complexity index is 816. The van der Waals surface area contributed by atoms with Crippen molar-refractivity contribution in [2.75, 3.05) is 6.79 Å². The molecule has 3 aliphatic rings. The van der Waals surface area contributed by atoms with Crippen molar-refractivity contribution in [3.8, 4) is 17.6 Å². The van der Waals surface area contributed by atoms with E-state index in [1.807, 2.05) is 6.07 Å². The summed E-state index contributed by atoms with van der Waals surface area (Å²) in [6.07, 6.45) is 1.85. The number of fused-ring (bicyclic) bond motifs is 1. The highest BCUT2D eigenvalue weighted by molar-refractivity contribution is 5.99. The lowest BCUT2D eigenvalue weighted by Gasteiger charge is -2.31. The number of hydrogen-bond donors (Lipinski definition) is 1. The van der Waals surface area contributed by atoms with Crippen molar-refractivity contribution >= 4 is 5.78 Å². The molecule has 6 heteroatoms. The van der Waals surface area contributed by atoms with E-state index in [1.165, 1.54) is 0 Å². The van der Waals surface area contributed by atoms with Gasteiger partial charge in [-0.1, -0.05) is 6.07 Å². The summed E-state index contributed by atoms with van der Waals surface area (Å²) in [5.74, 6) is 1.42. The van der Waals surface area contributed by atoms with Crippen molar-refractivity contribution in [3.63, 3.8) is 0 Å². The normalized spacial score (nSPS) is 22.6. The summed E-state index contributed by atoms with van der Waals surface area (Å²) in [4.78, 5) is 12.4. The van der Waals surface area contributed by atoms with Crippen LogP contribution in [-0.2, 0) is 9.53 Å². The van der Waals surface area contributed by atoms with Gasteiger partial charge in [-0.2, -0.15) is 5.26 Å². The van der Waals surface area contributed by atoms with Crippen molar-refractivity contribution in [1.82, 2.24) is 0 Å². The van der Waals surface area contributed by atoms with E-state index >= 15 is 0 Å². The molecule has 1 aliphatic carbocycles. The van der Waals surface area contributed by atoms with Crippen LogP contribution in [0.3, 0.4) is 0 Å². The topological polar surface area (TPSA) is 94.6 Å². The number of ether oxygens (including phenoxy) is 3. The van der Waals surface area contributed by atoms with Crippen LogP contribution in [0.2, 0.25) is 0 Å². The Balaban J connectivity index is 1.88. The van der Waals surface area contributed by atoms with Gasteiger partial charge in [-0.25, -0.2) is 0 Å². The molecule has 2 heterocycles. The van der Waals surface area contributed by atoms with Gasteiger partial charge in [0.2, 0.25) is 12.7 Å². The van der Waals surface area contributed by atoms with Gasteiger partial charge in [0.1, 0.15) is 17.4 Å². The largest absolute Gasteiger partial charge is 0.454 e. The Kier molecular flexibility index (Phi) is 3.01. The summed E-state index contributed by atoms with van der Waals surface area (Å²) in [5.41, 5.74) is 7.50. The zero-order valence-electron chi connectivity index (χ0n) is 12.3. The third-order valence-electron chi connectivity index (χ3n) is 4.33. The Morgan fingerprint density at radius 3 is 2.87 bits per heavy atom. The standard InChI is InChI=1S/C17H14N2O4/c18-7-10-15(9-4-5-12-14(6-9)22-8-21-12)16-11(20)2-1-3-13(16)23-17(10)19/h4-6,15H,1-3,8,19H2/t15-/m1/s1. The lowest BCUT2D eigenvalue weighted by molar-refractivity contribution is -0.116. The van der Waals surface area contributed by atoms with Crippen LogP contribution < -0.4 is 15.2 Å². The Labute approximate surface area is 132 Å². The summed E-state index contributed by atoms with van der Waals surface area (Å²) in [6.45, 7) is 0.169. The fourth-order valence-corrected chi connectivity index (χ4v) is 3.28. The fraction of sp³-hybridized carbons (Fsp3) is 0.294. The maximum absolute atomic E-state index is 12.4. The van der Waals surface area contributed by atoms with Gasteiger partial charge in [-0.15, -0.1) is 0 Å². The van der Waals surface area contributed by atoms with Gasteiger partial charge in [0.15, 0.2) is 17.3 Å². The van der Waals surface area contributed by atoms with Crippen molar-refractivity contribution in [3.05, 3.63) is 46.6 Å². The first-order chi connectivity index (χ1) is 11.2. The molecule has 2 N–H and O–H groups in total. The van der Waals surface area contributed by atoms with Crippen LogP contribution in [0.4, 0.5) is 0 Å². The number of carbonyl (C=O) groups excluding carboxylic acids is 1. The minimum absolute atomic E-state index is 0.00849. The fourth-order valence-electron chi connectivity index (χ4n) is 3.28. The van der Waals surface area contributed by atoms with E-state index in [4.69, 9.17) is 19.9 Å². The zero-order valence-corrected chi connectivity index (χ0v) is 12.3. The number of benzene rings is 1. The highest BCUT2D eigenvalue weighted by Gasteiger charge is 2.38. The second kappa shape index (κ2) is 5.06. The third kappa shape index (κ3) is 2.05. The van der Waals surface area contributed by atoms with Gasteiger partial charge in [0.05, 0.1) is 5.92 Å². The van der Waals surface area contributed by atoms with E-state index in [0.29, 0.717) is 35.7 Å². The number of nitriles is 1. The van der Waals surface area contributed by atoms with Gasteiger partial charge < -0.3 is 19.9 Å². The van der Waals surface area contributed by atoms with Crippen molar-refractivity contribution in [2.24, 2.45) is 5.73 Å². The molecule has 0 aromatic heterocycles. The van der Waals surface area contributed by atoms with E-state index in [1.54, 1.807) is 12.1 Å². The van der Waals surface area contributed by atoms with E-state index in [2.05, 4.69) is 6.07 Å². The minimum atomic E-state index is -0.508. The number of ketones is 1. The predicted molar refractivity (Wildman–Crippen MR) is 79.1 cm³/mol. The number of nitrogens with zero attached hydrogens (tertiary/aromatic N) is 1. The molecule has 0 radical (unpaired) electrons. The molecule has 0 saturated heterocycles. The predicted octanol–water partition coefficient (Wildman–Crippen LogP) is 2.23. The summed E-state index contributed by atoms with van der Waals surface area (Å²) in [6, 6.07) is 7.51. The number of rotatable bonds is 1. The molecular formula is C17H14N2O4. The van der Waals surface area contributed by atoms with Crippen molar-refractivity contribution in [1.29, 1.82) is 5.26 Å². The Morgan fingerprint density at radius 1 is 1.22 bits per heavy atom. The number of carbonyl (C=O) groups is 1. The second-order valence-corrected chi connectivity index (χ2v) is 5.65. The maximum atomic E-state index is 12.4. The number of hydrogen-bond acceptors (Lipinski definition) is 6. The van der Waals surface area contributed by atoms with Crippen LogP contribution in [0.5, 0.6) is 11.5 Å². The van der Waals surface area contributed by atoms with E-state index in [-0.39, 0.29) is 24.0 Å². The van der Waals surface area contributed by atoms with E-state index < -0.39 is 5.92 Å². The van der Waals surface area contributed by atoms with Crippen LogP contribution in [0, 0.1) is 11.3 Å². The maximum Gasteiger partial charge on any atom is 0.231 e. The average Bonchev–Trinajstić information content (AvgIpc) is 3.01. The van der Waals surface area contributed by atoms with Crippen LogP contribution in [0.25, 0.3) is 0 Å². The highest BCUT2D eigenvalue weighted by atomic mass is 16.7. The van der Waals surface area contributed by atoms with Gasteiger partial charge in [0.25, 0.3) is 0 Å². The number of allylic oxidation sites excluding steroid dienone is 3. The third-order valence-corrected chi connectivity index (χ3v) is 4.33. The Morgan fingerprint density at radius 2 is 2.04 bits per heavy atom. The van der Waals surface area contributed by atoms with Crippen LogP contribution in [0.1, 0.15) is 30.7 Å². The highest BCUT2D eigenvalue weighted by Crippen LogP contribution is 2.45. The molecule has 23 heavy (non-hydrogen) atoms. The van der Waals surface area contributed by atoms with Crippen LogP contribution in [-0.4, -0.2) is 12.6 Å². The van der Waals surface area contributed by atoms with Gasteiger partial charge >= 0.3 is 0 Å². The lowest BCUT2D eigenvalue weighted by atomic mass is 9.77. The van der Waals surface area contributed by atoms with Crippen LogP contribution >= 0.6 is 0 Å². The monoisotopic (exact) mass is 310 g/mol. The minimum Gasteiger partial charge on any atom is -0.454 e. The summed E-state index contributed by atoms with van der Waals surface area (Å²) < 4.78 is 16.3. The quantitative estimate of drug-likeness (QED) is 0.854. The lowest BCUT2D eigenvalue weighted by Crippen LogP contribution is -2.27. The molecule has 116 valence electrons. The molecule has 0 bridgehead atoms. The number of nitrogens with two attached hydrogens (primary N) is 1. The summed E-state index contributed by atoms with van der Waals surface area (Å²) in [5, 5.41) is 9.51. The molecule has 6 nitrogen and oxygen atoms in total. The number of Topliss-reactive ketones (excluding diaryl/α,β-unsaturated/α-hetero) is 1. The zero-order chi connectivity index (χ0) is 16.0. The second-order valence-electron chi connectivity index (χ2n) is 5.65. The molecular weight excluding hydrogens is 296 g/mol. The van der Waals surface area contributed by atoms with Crippen molar-refractivity contribution < 1.29 is 19.0 Å². The Hall–Kier alpha value is -2.94. The van der Waals surface area contributed by atoms with Gasteiger partial charge in [-0.05, 0) is 24.1 Å². The molecule has 2 aliphatic heterocycles. The molecule has 0 spiro atoms. The van der Waals surface area contributed by atoms with Crippen LogP contribution in [0.15, 0.2) is 41.0 Å². The molecule has 0 unspecified atom stereocenters. The van der Waals surface area contributed by atoms with E-state index in [9.17, 15) is 10.1 Å². The van der Waals surface area contributed by atoms with Gasteiger partial charge in [-0.3, -0.25) is 4.79 Å². The molecule has 0 fully saturated rings. The molecule has 0 saturated carbocycles. The molecule has 0 amide bonds. The first-order valence-electron chi connectivity index (χ1n) is 7.42. The van der Waals surface area contributed by atoms with E-state index in [0.717, 1.165) is 12.0 Å². The molecule has 1 aromatic rings. The van der Waals surface area contributed by atoms with Gasteiger partial charge in [0, 0.05) is 18.4 Å². The molecule has 1 aromatic carbocycles. The smallest absolute Gasteiger partial charge is 0.231 e. The molecule has 1 atom stereocenters. The average molecular weight is 310 g/mol. The summed E-state index contributed by atoms with van der Waals surface area (Å²) >= 11 is 0. The van der Waals surface area contributed by atoms with Crippen molar-refractivity contribution in [2.45, 2.75) is 25.2 Å².